The standard InChI is InChI=1S/C24H38O4.C18H36O2.Ca.2H/c1-3-5-7-9-11-15-19-27-23(25)21-17-13-14-18-22(21)24(26)28-20-16-12-10-8-6-4-2;1-2-3-4-5-6-7-8-9-10-11-12-13-14-15-16-17-18(19)20;;;/h13-14,17-18H,3-12,15-16,19-20H2,1-2H3;2-17H2,1H3,(H,19,20);;;. The first-order valence-corrected chi connectivity index (χ1v) is 20.1. The molecular formula is C42H76CaO6. The Morgan fingerprint density at radius 3 is 1.00 bits per heavy atom. The van der Waals surface area contributed by atoms with Gasteiger partial charge in [-0.3, -0.25) is 4.79 Å². The van der Waals surface area contributed by atoms with Crippen molar-refractivity contribution in [3.05, 3.63) is 35.4 Å². The Hall–Kier alpha value is -1.11. The van der Waals surface area contributed by atoms with Crippen LogP contribution < -0.4 is 0 Å². The molecule has 1 aromatic carbocycles. The molecule has 282 valence electrons. The third-order valence-corrected chi connectivity index (χ3v) is 8.82. The molecule has 49 heavy (non-hydrogen) atoms. The number of ether oxygens (including phenoxy) is 2. The van der Waals surface area contributed by atoms with E-state index in [0.29, 0.717) is 30.8 Å². The molecule has 0 amide bonds. The van der Waals surface area contributed by atoms with Crippen LogP contribution in [0.3, 0.4) is 0 Å². The van der Waals surface area contributed by atoms with Gasteiger partial charge in [0, 0.05) is 6.42 Å². The van der Waals surface area contributed by atoms with Gasteiger partial charge in [-0.05, 0) is 31.4 Å². The second-order valence-corrected chi connectivity index (χ2v) is 13.4. The van der Waals surface area contributed by atoms with Crippen molar-refractivity contribution < 1.29 is 29.0 Å². The van der Waals surface area contributed by atoms with E-state index < -0.39 is 17.9 Å². The van der Waals surface area contributed by atoms with Crippen molar-refractivity contribution in [2.75, 3.05) is 13.2 Å². The van der Waals surface area contributed by atoms with E-state index in [-0.39, 0.29) is 37.7 Å². The number of carbonyl (C=O) groups is 3. The molecule has 0 aromatic heterocycles. The molecule has 0 aliphatic carbocycles. The van der Waals surface area contributed by atoms with Crippen LogP contribution in [0.1, 0.15) is 221 Å². The van der Waals surface area contributed by atoms with E-state index in [1.807, 2.05) is 0 Å². The molecule has 0 bridgehead atoms. The van der Waals surface area contributed by atoms with Crippen LogP contribution in [0.15, 0.2) is 24.3 Å². The fourth-order valence-corrected chi connectivity index (χ4v) is 5.74. The van der Waals surface area contributed by atoms with Gasteiger partial charge in [0.05, 0.1) is 24.3 Å². The summed E-state index contributed by atoms with van der Waals surface area (Å²) in [5.41, 5.74) is 0.586. The summed E-state index contributed by atoms with van der Waals surface area (Å²) in [6.45, 7) is 7.44. The van der Waals surface area contributed by atoms with Crippen LogP contribution in [0.25, 0.3) is 0 Å². The van der Waals surface area contributed by atoms with E-state index in [9.17, 15) is 14.4 Å². The molecule has 0 atom stereocenters. The molecule has 0 unspecified atom stereocenters. The Morgan fingerprint density at radius 2 is 0.714 bits per heavy atom. The third-order valence-electron chi connectivity index (χ3n) is 8.82. The van der Waals surface area contributed by atoms with Crippen molar-refractivity contribution in [3.63, 3.8) is 0 Å². The van der Waals surface area contributed by atoms with E-state index in [4.69, 9.17) is 14.6 Å². The van der Waals surface area contributed by atoms with Crippen LogP contribution in [-0.2, 0) is 14.3 Å². The average molecular weight is 717 g/mol. The molecule has 0 heterocycles. The summed E-state index contributed by atoms with van der Waals surface area (Å²) < 4.78 is 10.7. The van der Waals surface area contributed by atoms with Gasteiger partial charge in [0.2, 0.25) is 0 Å². The van der Waals surface area contributed by atoms with Crippen molar-refractivity contribution >= 4 is 55.6 Å². The fourth-order valence-electron chi connectivity index (χ4n) is 5.74. The zero-order valence-electron chi connectivity index (χ0n) is 31.5. The molecule has 1 rings (SSSR count). The van der Waals surface area contributed by atoms with Gasteiger partial charge in [-0.15, -0.1) is 0 Å². The summed E-state index contributed by atoms with van der Waals surface area (Å²) in [7, 11) is 0. The normalized spacial score (nSPS) is 10.5. The minimum atomic E-state index is -0.653. The maximum absolute atomic E-state index is 12.4. The SMILES string of the molecule is CCCCCCCCCCCCCCCCCC(=O)O.CCCCCCCCOC(=O)c1ccccc1C(=O)OCCCCCCCC.[CaH2]. The van der Waals surface area contributed by atoms with Crippen molar-refractivity contribution in [1.82, 2.24) is 0 Å². The predicted molar refractivity (Wildman–Crippen MR) is 209 cm³/mol. The van der Waals surface area contributed by atoms with Gasteiger partial charge in [-0.25, -0.2) is 9.59 Å². The van der Waals surface area contributed by atoms with Crippen molar-refractivity contribution in [2.24, 2.45) is 0 Å². The first-order valence-electron chi connectivity index (χ1n) is 20.1. The van der Waals surface area contributed by atoms with Gasteiger partial charge in [0.25, 0.3) is 0 Å². The molecule has 0 saturated heterocycles. The second-order valence-electron chi connectivity index (χ2n) is 13.4. The Kier molecular flexibility index (Phi) is 40.5. The zero-order valence-corrected chi connectivity index (χ0v) is 31.5. The number of hydrogen-bond donors (Lipinski definition) is 1. The summed E-state index contributed by atoms with van der Waals surface area (Å²) in [5.74, 6) is -1.54. The average Bonchev–Trinajstić information content (AvgIpc) is 3.09. The molecule has 0 fully saturated rings. The first-order chi connectivity index (χ1) is 23.5. The van der Waals surface area contributed by atoms with E-state index in [0.717, 1.165) is 38.5 Å². The molecule has 7 heteroatoms. The monoisotopic (exact) mass is 717 g/mol. The predicted octanol–water partition coefficient (Wildman–Crippen LogP) is 12.1. The number of benzene rings is 1. The zero-order chi connectivity index (χ0) is 35.3. The molecule has 0 aliphatic heterocycles. The number of carbonyl (C=O) groups excluding carboxylic acids is 2. The van der Waals surface area contributed by atoms with E-state index >= 15 is 0 Å². The maximum atomic E-state index is 12.4. The third kappa shape index (κ3) is 33.8. The molecular weight excluding hydrogens is 641 g/mol. The Labute approximate surface area is 331 Å². The van der Waals surface area contributed by atoms with E-state index in [2.05, 4.69) is 20.8 Å². The summed E-state index contributed by atoms with van der Waals surface area (Å²) in [4.78, 5) is 35.0. The Balaban J connectivity index is 0. The topological polar surface area (TPSA) is 89.9 Å². The van der Waals surface area contributed by atoms with Gasteiger partial charge in [0.15, 0.2) is 0 Å². The van der Waals surface area contributed by atoms with Crippen LogP contribution in [0, 0.1) is 0 Å². The number of aliphatic carboxylic acids is 1. The fraction of sp³-hybridized carbons (Fsp3) is 0.786. The van der Waals surface area contributed by atoms with Crippen LogP contribution in [0.2, 0.25) is 0 Å². The Morgan fingerprint density at radius 1 is 0.449 bits per heavy atom. The number of esters is 2. The van der Waals surface area contributed by atoms with Crippen LogP contribution in [-0.4, -0.2) is 74.0 Å². The van der Waals surface area contributed by atoms with Gasteiger partial charge in [0.1, 0.15) is 0 Å². The van der Waals surface area contributed by atoms with E-state index in [1.165, 1.54) is 135 Å². The molecule has 1 aromatic rings. The molecule has 1 N–H and O–H groups in total. The summed E-state index contributed by atoms with van der Waals surface area (Å²) >= 11 is 0. The number of unbranched alkanes of at least 4 members (excludes halogenated alkanes) is 24. The molecule has 0 spiro atoms. The van der Waals surface area contributed by atoms with Gasteiger partial charge in [-0.1, -0.05) is 187 Å². The second kappa shape index (κ2) is 39.7. The number of hydrogen-bond acceptors (Lipinski definition) is 5. The summed E-state index contributed by atoms with van der Waals surface area (Å²) in [5, 5.41) is 8.52. The first kappa shape index (κ1) is 50.0. The summed E-state index contributed by atoms with van der Waals surface area (Å²) in [6, 6.07) is 6.74. The van der Waals surface area contributed by atoms with Crippen LogP contribution in [0.5, 0.6) is 0 Å². The minimum absolute atomic E-state index is 0. The number of carboxylic acids is 1. The molecule has 0 radical (unpaired) electrons. The van der Waals surface area contributed by atoms with Crippen molar-refractivity contribution in [3.8, 4) is 0 Å². The van der Waals surface area contributed by atoms with Crippen LogP contribution in [0.4, 0.5) is 0 Å². The summed E-state index contributed by atoms with van der Waals surface area (Å²) in [6.07, 6.45) is 33.8. The van der Waals surface area contributed by atoms with Gasteiger partial charge >= 0.3 is 55.6 Å². The molecule has 6 nitrogen and oxygen atoms in total. The quantitative estimate of drug-likeness (QED) is 0.0453. The number of carboxylic acid groups (broad SMARTS) is 1. The van der Waals surface area contributed by atoms with E-state index in [1.54, 1.807) is 24.3 Å². The van der Waals surface area contributed by atoms with Gasteiger partial charge in [-0.2, -0.15) is 0 Å². The van der Waals surface area contributed by atoms with Gasteiger partial charge < -0.3 is 14.6 Å². The van der Waals surface area contributed by atoms with Crippen molar-refractivity contribution in [2.45, 2.75) is 201 Å². The molecule has 0 saturated carbocycles. The van der Waals surface area contributed by atoms with Crippen LogP contribution >= 0.6 is 0 Å². The Bertz CT molecular complexity index is 841. The molecule has 0 aliphatic rings. The number of rotatable bonds is 32. The van der Waals surface area contributed by atoms with Crippen molar-refractivity contribution in [1.29, 1.82) is 0 Å².